The minimum absolute atomic E-state index is 0.0580. The van der Waals surface area contributed by atoms with Gasteiger partial charge < -0.3 is 56.8 Å². The average Bonchev–Trinajstić information content (AvgIpc) is 1.60. The highest BCUT2D eigenvalue weighted by Gasteiger charge is 2.60. The molecule has 2 spiro atoms. The maximum absolute atomic E-state index is 9.59. The zero-order valence-corrected chi connectivity index (χ0v) is 35.0. The van der Waals surface area contributed by atoms with E-state index in [9.17, 15) is 8.22 Å². The van der Waals surface area contributed by atoms with E-state index >= 15 is 0 Å². The highest BCUT2D eigenvalue weighted by atomic mass is 16.8. The molecule has 10 rings (SSSR count). The lowest BCUT2D eigenvalue weighted by Gasteiger charge is -2.56. The highest BCUT2D eigenvalue weighted by Crippen LogP contribution is 2.46. The van der Waals surface area contributed by atoms with Gasteiger partial charge in [-0.25, -0.2) is 0 Å². The van der Waals surface area contributed by atoms with Gasteiger partial charge in [-0.1, -0.05) is 103 Å². The molecule has 0 radical (unpaired) electrons. The van der Waals surface area contributed by atoms with Crippen molar-refractivity contribution < 1.29 is 85.6 Å². The molecular weight excluding hydrogens is 817 g/mol. The molecule has 12 nitrogen and oxygen atoms in total. The molecule has 12 heteroatoms. The SMILES string of the molecule is [2H]c1c([2H])c([2H])c(C([2H])([2H])O[C@@H]2[C@@H](OC([2H])([2H])c3c([2H])c([2H])c([2H])c([2H])c3[2H])[C@@H](O[C@@H]3[C@H](OC([2H])([2H])c4c([2H])c([2H])c([2H])c([2H])c4[2H])[C@@H](Oc4ccc(OC)cc4)O[C@@H]4COC5(CCCCC5)O[C@@H]34)O[C@@H]3COC4(CCCCC4)O[C@@H]23)c([2H])c1[2H]. The first-order chi connectivity index (χ1) is 40.0. The molecule has 2 saturated carbocycles. The van der Waals surface area contributed by atoms with E-state index in [1.807, 2.05) is 0 Å². The molecular formula is C52H62O12. The van der Waals surface area contributed by atoms with Crippen molar-refractivity contribution >= 4 is 0 Å². The zero-order valence-electron chi connectivity index (χ0n) is 56.0. The Morgan fingerprint density at radius 2 is 0.953 bits per heavy atom. The Balaban J connectivity index is 1.18. The molecule has 4 saturated heterocycles. The first kappa shape index (κ1) is 25.8. The second-order valence-corrected chi connectivity index (χ2v) is 16.3. The lowest BCUT2D eigenvalue weighted by Crippen LogP contribution is -2.70. The number of ether oxygens (including phenoxy) is 12. The van der Waals surface area contributed by atoms with E-state index in [2.05, 4.69) is 0 Å². The molecule has 342 valence electrons. The molecule has 4 aliphatic heterocycles. The van der Waals surface area contributed by atoms with Crippen molar-refractivity contribution in [3.8, 4) is 11.5 Å². The normalized spacial score (nSPS) is 37.4. The van der Waals surface area contributed by atoms with Crippen LogP contribution in [0, 0.1) is 0 Å². The Labute approximate surface area is 406 Å². The molecule has 0 amide bonds. The summed E-state index contributed by atoms with van der Waals surface area (Å²) in [6, 6.07) is -8.32. The largest absolute Gasteiger partial charge is 0.497 e. The summed E-state index contributed by atoms with van der Waals surface area (Å²) in [6.07, 6.45) is -13.0. The first-order valence-electron chi connectivity index (χ1n) is 32.1. The van der Waals surface area contributed by atoms with E-state index in [4.69, 9.17) is 77.4 Å². The Kier molecular flexibility index (Phi) is 8.20. The summed E-state index contributed by atoms with van der Waals surface area (Å²) in [5.74, 6) is -2.29. The fourth-order valence-electron chi connectivity index (χ4n) is 9.02. The predicted molar refractivity (Wildman–Crippen MR) is 234 cm³/mol. The number of hydrogen-bond donors (Lipinski definition) is 0. The standard InChI is InChI=1S/C52H62O12/c1-53-39-23-25-40(26-24-39)59-49-48(56-33-38-21-11-4-12-22-38)46(44-42(60-49)35-58-52(64-44)29-15-6-16-30-52)62-50-47(55-32-37-19-9-3-10-20-37)45(54-31-36-17-7-2-8-18-36)43-41(61-50)34-57-51(63-43)27-13-5-14-28-51/h2-4,7-12,17-26,41-50H,5-6,13-16,27-35H2,1H3/t41-,42-,43-,44-,45+,46+,47-,48+,49+,50-/m1/s1/i2D,3D,4D,7D,8D,9D,10D,11D,12D,17D,18D,19D,20D,21D,22D,31D2,32D2,33D2. The molecule has 64 heavy (non-hydrogen) atoms. The van der Waals surface area contributed by atoms with Crippen LogP contribution in [0.25, 0.3) is 0 Å². The lowest BCUT2D eigenvalue weighted by molar-refractivity contribution is -0.431. The second-order valence-electron chi connectivity index (χ2n) is 16.3. The Morgan fingerprint density at radius 1 is 0.531 bits per heavy atom. The van der Waals surface area contributed by atoms with Crippen molar-refractivity contribution in [3.63, 3.8) is 0 Å². The summed E-state index contributed by atoms with van der Waals surface area (Å²) in [5.41, 5.74) is -3.02. The van der Waals surface area contributed by atoms with Gasteiger partial charge in [0.25, 0.3) is 0 Å². The van der Waals surface area contributed by atoms with Crippen LogP contribution in [0.5, 0.6) is 11.5 Å². The van der Waals surface area contributed by atoms with Gasteiger partial charge in [-0.2, -0.15) is 0 Å². The number of benzene rings is 4. The van der Waals surface area contributed by atoms with Gasteiger partial charge in [-0.15, -0.1) is 0 Å². The third-order valence-electron chi connectivity index (χ3n) is 12.1. The van der Waals surface area contributed by atoms with Crippen LogP contribution in [0.2, 0.25) is 0 Å². The summed E-state index contributed by atoms with van der Waals surface area (Å²) in [7, 11) is 1.43. The molecule has 4 heterocycles. The predicted octanol–water partition coefficient (Wildman–Crippen LogP) is 8.82. The topological polar surface area (TPSA) is 111 Å². The van der Waals surface area contributed by atoms with Crippen molar-refractivity contribution in [3.05, 3.63) is 132 Å². The average molecular weight is 900 g/mol. The minimum atomic E-state index is -3.55. The van der Waals surface area contributed by atoms with Gasteiger partial charge in [0.1, 0.15) is 60.3 Å². The van der Waals surface area contributed by atoms with Crippen molar-refractivity contribution in [2.75, 3.05) is 20.3 Å². The van der Waals surface area contributed by atoms with Crippen LogP contribution >= 0.6 is 0 Å². The number of hydrogen-bond acceptors (Lipinski definition) is 12. The van der Waals surface area contributed by atoms with Gasteiger partial charge in [0.15, 0.2) is 17.9 Å². The summed E-state index contributed by atoms with van der Waals surface area (Å²) in [6.45, 7) is -11.0. The quantitative estimate of drug-likeness (QED) is 0.121. The maximum Gasteiger partial charge on any atom is 0.229 e. The minimum Gasteiger partial charge on any atom is -0.497 e. The van der Waals surface area contributed by atoms with Crippen molar-refractivity contribution in [1.29, 1.82) is 0 Å². The second kappa shape index (κ2) is 20.3. The van der Waals surface area contributed by atoms with Crippen LogP contribution in [0.1, 0.15) is 110 Å². The van der Waals surface area contributed by atoms with Crippen molar-refractivity contribution in [1.82, 2.24) is 0 Å². The van der Waals surface area contributed by atoms with Crippen LogP contribution in [0.15, 0.2) is 115 Å². The van der Waals surface area contributed by atoms with E-state index in [-0.39, 0.29) is 31.8 Å². The summed E-state index contributed by atoms with van der Waals surface area (Å²) >= 11 is 0. The maximum atomic E-state index is 9.59. The third-order valence-corrected chi connectivity index (χ3v) is 12.1. The van der Waals surface area contributed by atoms with Gasteiger partial charge in [0, 0.05) is 25.7 Å². The number of rotatable bonds is 14. The van der Waals surface area contributed by atoms with Crippen LogP contribution in [-0.4, -0.2) is 93.3 Å². The molecule has 4 aromatic rings. The van der Waals surface area contributed by atoms with Crippen LogP contribution in [-0.2, 0) is 67.0 Å². The summed E-state index contributed by atoms with van der Waals surface area (Å²) in [5, 5.41) is 0. The van der Waals surface area contributed by atoms with Crippen LogP contribution in [0.4, 0.5) is 0 Å². The van der Waals surface area contributed by atoms with Crippen LogP contribution < -0.4 is 9.47 Å². The smallest absolute Gasteiger partial charge is 0.229 e. The summed E-state index contributed by atoms with van der Waals surface area (Å²) in [4.78, 5) is 0. The molecule has 0 N–H and O–H groups in total. The Hall–Kier alpha value is -3.92. The van der Waals surface area contributed by atoms with Crippen molar-refractivity contribution in [2.45, 2.75) is 157 Å². The van der Waals surface area contributed by atoms with Gasteiger partial charge in [0.05, 0.1) is 68.8 Å². The lowest BCUT2D eigenvalue weighted by atomic mass is 9.89. The van der Waals surface area contributed by atoms with E-state index < -0.39 is 200 Å². The van der Waals surface area contributed by atoms with Gasteiger partial charge >= 0.3 is 0 Å². The Bertz CT molecular complexity index is 3080. The summed E-state index contributed by atoms with van der Waals surface area (Å²) < 4.78 is 264. The van der Waals surface area contributed by atoms with Gasteiger partial charge in [-0.05, 0) is 66.6 Å². The van der Waals surface area contributed by atoms with E-state index in [0.717, 1.165) is 12.8 Å². The van der Waals surface area contributed by atoms with Gasteiger partial charge in [0.2, 0.25) is 6.29 Å². The zero-order chi connectivity index (χ0) is 61.6. The molecule has 4 aromatic carbocycles. The van der Waals surface area contributed by atoms with E-state index in [1.165, 1.54) is 31.4 Å². The Morgan fingerprint density at radius 3 is 1.44 bits per heavy atom. The first-order valence-corrected chi connectivity index (χ1v) is 21.6. The molecule has 0 unspecified atom stereocenters. The molecule has 6 aliphatic rings. The molecule has 0 bridgehead atoms. The van der Waals surface area contributed by atoms with Crippen LogP contribution in [0.3, 0.4) is 0 Å². The number of fused-ring (bicyclic) bond motifs is 2. The number of methoxy groups -OCH3 is 1. The fourth-order valence-corrected chi connectivity index (χ4v) is 9.02. The molecule has 10 atom stereocenters. The van der Waals surface area contributed by atoms with E-state index in [1.54, 1.807) is 0 Å². The van der Waals surface area contributed by atoms with Gasteiger partial charge in [-0.3, -0.25) is 0 Å². The molecule has 6 fully saturated rings. The fraction of sp³-hybridized carbons (Fsp3) is 0.538. The highest BCUT2D eigenvalue weighted by molar-refractivity contribution is 5.31. The van der Waals surface area contributed by atoms with E-state index in [0.29, 0.717) is 44.3 Å². The monoisotopic (exact) mass is 900 g/mol. The third kappa shape index (κ3) is 10.1. The van der Waals surface area contributed by atoms with Crippen molar-refractivity contribution in [2.24, 2.45) is 0 Å². The molecule has 2 aliphatic carbocycles. The molecule has 0 aromatic heterocycles.